The first-order valence-electron chi connectivity index (χ1n) is 6.98. The SMILES string of the molecule is CCCNS(=O)(=O)c1cc(N)ccc1C(=O)N(C)CCC. The number of nitrogens with one attached hydrogen (secondary N) is 1. The van der Waals surface area contributed by atoms with Gasteiger partial charge in [0.15, 0.2) is 0 Å². The van der Waals surface area contributed by atoms with Crippen LogP contribution in [0.4, 0.5) is 5.69 Å². The van der Waals surface area contributed by atoms with Crippen molar-refractivity contribution in [3.05, 3.63) is 23.8 Å². The first-order valence-corrected chi connectivity index (χ1v) is 8.46. The van der Waals surface area contributed by atoms with E-state index in [1.54, 1.807) is 7.05 Å². The summed E-state index contributed by atoms with van der Waals surface area (Å²) in [7, 11) is -2.10. The molecule has 0 heterocycles. The average Bonchev–Trinajstić information content (AvgIpc) is 2.44. The number of nitrogens with zero attached hydrogens (tertiary/aromatic N) is 1. The Bertz CT molecular complexity index is 599. The van der Waals surface area contributed by atoms with Gasteiger partial charge in [0, 0.05) is 25.8 Å². The molecule has 1 aromatic carbocycles. The van der Waals surface area contributed by atoms with Crippen LogP contribution in [0, 0.1) is 0 Å². The fourth-order valence-corrected chi connectivity index (χ4v) is 3.26. The highest BCUT2D eigenvalue weighted by Crippen LogP contribution is 2.20. The summed E-state index contributed by atoms with van der Waals surface area (Å²) in [5.41, 5.74) is 6.12. The lowest BCUT2D eigenvalue weighted by atomic mass is 10.2. The number of carbonyl (C=O) groups is 1. The molecule has 0 atom stereocenters. The molecular weight excluding hydrogens is 290 g/mol. The molecule has 0 radical (unpaired) electrons. The fraction of sp³-hybridized carbons (Fsp3) is 0.500. The third-order valence-corrected chi connectivity index (χ3v) is 4.47. The van der Waals surface area contributed by atoms with Crippen molar-refractivity contribution in [3.63, 3.8) is 0 Å². The minimum Gasteiger partial charge on any atom is -0.399 e. The average molecular weight is 313 g/mol. The van der Waals surface area contributed by atoms with Crippen LogP contribution >= 0.6 is 0 Å². The third-order valence-electron chi connectivity index (χ3n) is 2.97. The fourth-order valence-electron chi connectivity index (χ4n) is 1.89. The van der Waals surface area contributed by atoms with E-state index in [9.17, 15) is 13.2 Å². The molecule has 0 aliphatic heterocycles. The number of hydrogen-bond acceptors (Lipinski definition) is 4. The van der Waals surface area contributed by atoms with Crippen LogP contribution in [0.3, 0.4) is 0 Å². The van der Waals surface area contributed by atoms with Crippen molar-refractivity contribution in [2.45, 2.75) is 31.6 Å². The van der Waals surface area contributed by atoms with Crippen LogP contribution in [-0.4, -0.2) is 39.4 Å². The summed E-state index contributed by atoms with van der Waals surface area (Å²) in [6.45, 7) is 4.69. The Morgan fingerprint density at radius 3 is 2.52 bits per heavy atom. The van der Waals surface area contributed by atoms with Crippen LogP contribution in [-0.2, 0) is 10.0 Å². The van der Waals surface area contributed by atoms with Crippen molar-refractivity contribution in [1.82, 2.24) is 9.62 Å². The van der Waals surface area contributed by atoms with E-state index in [0.717, 1.165) is 6.42 Å². The molecule has 0 fully saturated rings. The van der Waals surface area contributed by atoms with Crippen LogP contribution in [0.2, 0.25) is 0 Å². The Balaban J connectivity index is 3.26. The molecule has 0 saturated heterocycles. The molecule has 7 heteroatoms. The van der Waals surface area contributed by atoms with E-state index in [-0.39, 0.29) is 16.4 Å². The van der Waals surface area contributed by atoms with Crippen molar-refractivity contribution in [3.8, 4) is 0 Å². The van der Waals surface area contributed by atoms with E-state index >= 15 is 0 Å². The monoisotopic (exact) mass is 313 g/mol. The number of carbonyl (C=O) groups excluding carboxylic acids is 1. The van der Waals surface area contributed by atoms with Gasteiger partial charge in [-0.2, -0.15) is 0 Å². The van der Waals surface area contributed by atoms with Crippen molar-refractivity contribution in [1.29, 1.82) is 0 Å². The molecule has 6 nitrogen and oxygen atoms in total. The summed E-state index contributed by atoms with van der Waals surface area (Å²) in [6, 6.07) is 4.32. The highest BCUT2D eigenvalue weighted by Gasteiger charge is 2.24. The number of nitrogen functional groups attached to an aromatic ring is 1. The van der Waals surface area contributed by atoms with Gasteiger partial charge in [-0.25, -0.2) is 13.1 Å². The second-order valence-corrected chi connectivity index (χ2v) is 6.62. The largest absolute Gasteiger partial charge is 0.399 e. The minimum atomic E-state index is -3.75. The van der Waals surface area contributed by atoms with Gasteiger partial charge in [-0.1, -0.05) is 13.8 Å². The third kappa shape index (κ3) is 4.44. The molecule has 1 amide bonds. The Morgan fingerprint density at radius 2 is 1.95 bits per heavy atom. The van der Waals surface area contributed by atoms with Gasteiger partial charge in [0.25, 0.3) is 5.91 Å². The zero-order chi connectivity index (χ0) is 16.0. The van der Waals surface area contributed by atoms with Crippen LogP contribution in [0.5, 0.6) is 0 Å². The molecule has 118 valence electrons. The van der Waals surface area contributed by atoms with Gasteiger partial charge >= 0.3 is 0 Å². The maximum atomic E-state index is 12.4. The molecule has 1 aromatic rings. The van der Waals surface area contributed by atoms with Gasteiger partial charge in [-0.15, -0.1) is 0 Å². The summed E-state index contributed by atoms with van der Waals surface area (Å²) < 4.78 is 27.1. The molecule has 0 aliphatic rings. The van der Waals surface area contributed by atoms with Crippen molar-refractivity contribution >= 4 is 21.6 Å². The normalized spacial score (nSPS) is 11.4. The van der Waals surface area contributed by atoms with Gasteiger partial charge < -0.3 is 10.6 Å². The van der Waals surface area contributed by atoms with Gasteiger partial charge in [-0.05, 0) is 31.0 Å². The summed E-state index contributed by atoms with van der Waals surface area (Å²) >= 11 is 0. The zero-order valence-corrected chi connectivity index (χ0v) is 13.5. The second-order valence-electron chi connectivity index (χ2n) is 4.88. The molecule has 0 unspecified atom stereocenters. The molecule has 0 aromatic heterocycles. The highest BCUT2D eigenvalue weighted by molar-refractivity contribution is 7.89. The smallest absolute Gasteiger partial charge is 0.254 e. The summed E-state index contributed by atoms with van der Waals surface area (Å²) in [6.07, 6.45) is 1.47. The summed E-state index contributed by atoms with van der Waals surface area (Å²) in [4.78, 5) is 13.8. The number of rotatable bonds is 7. The number of benzene rings is 1. The Morgan fingerprint density at radius 1 is 1.29 bits per heavy atom. The van der Waals surface area contributed by atoms with E-state index in [1.807, 2.05) is 13.8 Å². The first kappa shape index (κ1) is 17.5. The topological polar surface area (TPSA) is 92.5 Å². The lowest BCUT2D eigenvalue weighted by molar-refractivity contribution is 0.0791. The van der Waals surface area contributed by atoms with E-state index in [0.29, 0.717) is 25.2 Å². The highest BCUT2D eigenvalue weighted by atomic mass is 32.2. The van der Waals surface area contributed by atoms with E-state index in [4.69, 9.17) is 5.73 Å². The number of nitrogens with two attached hydrogens (primary N) is 1. The molecule has 0 bridgehead atoms. The Kier molecular flexibility index (Phi) is 6.17. The molecule has 0 saturated carbocycles. The van der Waals surface area contributed by atoms with Crippen molar-refractivity contribution in [2.75, 3.05) is 25.9 Å². The predicted molar refractivity (Wildman–Crippen MR) is 83.6 cm³/mol. The summed E-state index contributed by atoms with van der Waals surface area (Å²) in [5.74, 6) is -0.325. The molecule has 0 aliphatic carbocycles. The number of anilines is 1. The van der Waals surface area contributed by atoms with Crippen LogP contribution in [0.1, 0.15) is 37.0 Å². The van der Waals surface area contributed by atoms with Crippen LogP contribution in [0.25, 0.3) is 0 Å². The van der Waals surface area contributed by atoms with Gasteiger partial charge in [0.1, 0.15) is 0 Å². The minimum absolute atomic E-state index is 0.0658. The van der Waals surface area contributed by atoms with Gasteiger partial charge in [0.05, 0.1) is 10.5 Å². The molecule has 21 heavy (non-hydrogen) atoms. The van der Waals surface area contributed by atoms with Gasteiger partial charge in [-0.3, -0.25) is 4.79 Å². The van der Waals surface area contributed by atoms with Crippen molar-refractivity contribution < 1.29 is 13.2 Å². The van der Waals surface area contributed by atoms with Crippen LogP contribution in [0.15, 0.2) is 23.1 Å². The van der Waals surface area contributed by atoms with Crippen molar-refractivity contribution in [2.24, 2.45) is 0 Å². The first-order chi connectivity index (χ1) is 9.83. The zero-order valence-electron chi connectivity index (χ0n) is 12.7. The maximum absolute atomic E-state index is 12.4. The Hall–Kier alpha value is -1.60. The quantitative estimate of drug-likeness (QED) is 0.745. The van der Waals surface area contributed by atoms with E-state index in [2.05, 4.69) is 4.72 Å². The summed E-state index contributed by atoms with van der Waals surface area (Å²) in [5, 5.41) is 0. The van der Waals surface area contributed by atoms with Gasteiger partial charge in [0.2, 0.25) is 10.0 Å². The number of sulfonamides is 1. The molecular formula is C14H23N3O3S. The lowest BCUT2D eigenvalue weighted by Crippen LogP contribution is -2.31. The second kappa shape index (κ2) is 7.42. The molecule has 1 rings (SSSR count). The van der Waals surface area contributed by atoms with E-state index in [1.165, 1.54) is 23.1 Å². The lowest BCUT2D eigenvalue weighted by Gasteiger charge is -2.18. The molecule has 0 spiro atoms. The van der Waals surface area contributed by atoms with Crippen LogP contribution < -0.4 is 10.5 Å². The van der Waals surface area contributed by atoms with E-state index < -0.39 is 10.0 Å². The predicted octanol–water partition coefficient (Wildman–Crippen LogP) is 1.44. The standard InChI is InChI=1S/C14H23N3O3S/c1-4-8-16-21(19,20)13-10-11(15)6-7-12(13)14(18)17(3)9-5-2/h6-7,10,16H,4-5,8-9,15H2,1-3H3. The number of amides is 1. The molecule has 3 N–H and O–H groups in total. The number of hydrogen-bond donors (Lipinski definition) is 2. The Labute approximate surface area is 126 Å². The maximum Gasteiger partial charge on any atom is 0.254 e.